The number of rotatable bonds is 0. The Kier molecular flexibility index (Phi) is 3.64. The molecule has 1 aliphatic heterocycles. The molecule has 1 saturated carbocycles. The van der Waals surface area contributed by atoms with Gasteiger partial charge in [-0.3, -0.25) is 4.79 Å². The number of hydrogen-bond acceptors (Lipinski definition) is 3. The van der Waals surface area contributed by atoms with Crippen molar-refractivity contribution < 1.29 is 14.3 Å². The number of ether oxygens (including phenoxy) is 1. The van der Waals surface area contributed by atoms with Gasteiger partial charge in [0.05, 0.1) is 0 Å². The van der Waals surface area contributed by atoms with Gasteiger partial charge in [0.1, 0.15) is 11.4 Å². The zero-order valence-corrected chi connectivity index (χ0v) is 11.6. The van der Waals surface area contributed by atoms with Crippen molar-refractivity contribution in [3.8, 4) is 0 Å². The van der Waals surface area contributed by atoms with Gasteiger partial charge in [-0.1, -0.05) is 0 Å². The van der Waals surface area contributed by atoms with E-state index in [0.717, 1.165) is 32.2 Å². The first-order valence-corrected chi connectivity index (χ1v) is 6.91. The van der Waals surface area contributed by atoms with Crippen molar-refractivity contribution in [3.63, 3.8) is 0 Å². The van der Waals surface area contributed by atoms with Gasteiger partial charge in [-0.15, -0.1) is 0 Å². The molecule has 1 saturated heterocycles. The fourth-order valence-electron chi connectivity index (χ4n) is 3.01. The van der Waals surface area contributed by atoms with Gasteiger partial charge in [-0.2, -0.15) is 0 Å². The maximum absolute atomic E-state index is 12.2. The Labute approximate surface area is 109 Å². The van der Waals surface area contributed by atoms with E-state index in [-0.39, 0.29) is 18.1 Å². The molecule has 0 N–H and O–H groups in total. The van der Waals surface area contributed by atoms with E-state index < -0.39 is 5.60 Å². The molecule has 1 amide bonds. The largest absolute Gasteiger partial charge is 0.444 e. The van der Waals surface area contributed by atoms with Crippen LogP contribution in [0.4, 0.5) is 4.79 Å². The highest BCUT2D eigenvalue weighted by Crippen LogP contribution is 2.33. The predicted octanol–water partition coefficient (Wildman–Crippen LogP) is 2.76. The van der Waals surface area contributed by atoms with Crippen LogP contribution >= 0.6 is 0 Å². The number of likely N-dealkylation sites (tertiary alicyclic amines) is 1. The van der Waals surface area contributed by atoms with Crippen LogP contribution in [0.25, 0.3) is 0 Å². The summed E-state index contributed by atoms with van der Waals surface area (Å²) in [6, 6.07) is 0.0786. The number of amides is 1. The number of ketones is 1. The van der Waals surface area contributed by atoms with Crippen LogP contribution in [0.3, 0.4) is 0 Å². The van der Waals surface area contributed by atoms with Crippen LogP contribution in [0.1, 0.15) is 52.9 Å². The lowest BCUT2D eigenvalue weighted by molar-refractivity contribution is -0.129. The second-order valence-corrected chi connectivity index (χ2v) is 6.35. The Morgan fingerprint density at radius 1 is 1.28 bits per heavy atom. The van der Waals surface area contributed by atoms with E-state index in [1.54, 1.807) is 4.90 Å². The Hall–Kier alpha value is -1.06. The molecular formula is C14H23NO3. The number of piperidine rings is 1. The van der Waals surface area contributed by atoms with Gasteiger partial charge >= 0.3 is 6.09 Å². The number of carbonyl (C=O) groups excluding carboxylic acids is 2. The van der Waals surface area contributed by atoms with E-state index in [1.807, 2.05) is 20.8 Å². The highest BCUT2D eigenvalue weighted by Gasteiger charge is 2.41. The minimum atomic E-state index is -0.470. The highest BCUT2D eigenvalue weighted by atomic mass is 16.6. The molecule has 4 heteroatoms. The van der Waals surface area contributed by atoms with Gasteiger partial charge in [0.15, 0.2) is 0 Å². The molecule has 4 nitrogen and oxygen atoms in total. The first-order chi connectivity index (χ1) is 8.38. The minimum absolute atomic E-state index is 0.0556. The van der Waals surface area contributed by atoms with Gasteiger partial charge in [0.25, 0.3) is 0 Å². The molecule has 2 atom stereocenters. The molecule has 0 aromatic heterocycles. The number of hydrogen-bond donors (Lipinski definition) is 0. The third kappa shape index (κ3) is 2.85. The molecule has 1 heterocycles. The molecule has 102 valence electrons. The summed E-state index contributed by atoms with van der Waals surface area (Å²) in [6.07, 6.45) is 4.11. The second-order valence-electron chi connectivity index (χ2n) is 6.35. The Balaban J connectivity index is 2.07. The summed E-state index contributed by atoms with van der Waals surface area (Å²) in [5, 5.41) is 0. The van der Waals surface area contributed by atoms with Crippen molar-refractivity contribution in [1.82, 2.24) is 4.90 Å². The van der Waals surface area contributed by atoms with Gasteiger partial charge in [-0.05, 0) is 46.5 Å². The van der Waals surface area contributed by atoms with Crippen LogP contribution in [-0.4, -0.2) is 35.0 Å². The fraction of sp³-hybridized carbons (Fsp3) is 0.857. The van der Waals surface area contributed by atoms with Crippen molar-refractivity contribution in [2.24, 2.45) is 5.92 Å². The molecule has 1 aliphatic carbocycles. The molecule has 0 aromatic rings. The molecule has 0 aromatic carbocycles. The summed E-state index contributed by atoms with van der Waals surface area (Å²) in [6.45, 7) is 6.35. The van der Waals surface area contributed by atoms with Crippen LogP contribution in [0.15, 0.2) is 0 Å². The Bertz CT molecular complexity index is 345. The number of carbonyl (C=O) groups is 2. The highest BCUT2D eigenvalue weighted by molar-refractivity contribution is 5.83. The number of Topliss-reactive ketones (excluding diaryl/α,β-unsaturated/α-hetero) is 1. The summed E-state index contributed by atoms with van der Waals surface area (Å²) < 4.78 is 5.44. The van der Waals surface area contributed by atoms with E-state index in [4.69, 9.17) is 4.74 Å². The normalized spacial score (nSPS) is 28.8. The summed E-state index contributed by atoms with van der Waals surface area (Å²) in [5.41, 5.74) is -0.470. The van der Waals surface area contributed by atoms with Crippen molar-refractivity contribution in [1.29, 1.82) is 0 Å². The van der Waals surface area contributed by atoms with Crippen LogP contribution in [0.5, 0.6) is 0 Å². The first kappa shape index (κ1) is 13.4. The second kappa shape index (κ2) is 4.90. The summed E-state index contributed by atoms with van der Waals surface area (Å²) >= 11 is 0. The summed E-state index contributed by atoms with van der Waals surface area (Å²) in [4.78, 5) is 25.9. The Morgan fingerprint density at radius 3 is 2.67 bits per heavy atom. The average Bonchev–Trinajstić information content (AvgIpc) is 2.26. The lowest BCUT2D eigenvalue weighted by atomic mass is 9.77. The van der Waals surface area contributed by atoms with E-state index in [0.29, 0.717) is 12.2 Å². The SMILES string of the molecule is CC(C)(C)OC(=O)N1CCC[C@H]2C(=O)CCC[C@@H]21. The van der Waals surface area contributed by atoms with Crippen molar-refractivity contribution in [2.75, 3.05) is 6.54 Å². The lowest BCUT2D eigenvalue weighted by Crippen LogP contribution is -2.53. The maximum atomic E-state index is 12.2. The minimum Gasteiger partial charge on any atom is -0.444 e. The van der Waals surface area contributed by atoms with E-state index in [1.165, 1.54) is 0 Å². The van der Waals surface area contributed by atoms with Crippen molar-refractivity contribution in [3.05, 3.63) is 0 Å². The maximum Gasteiger partial charge on any atom is 0.410 e. The van der Waals surface area contributed by atoms with Gasteiger partial charge in [-0.25, -0.2) is 4.79 Å². The fourth-order valence-corrected chi connectivity index (χ4v) is 3.01. The van der Waals surface area contributed by atoms with Crippen molar-refractivity contribution >= 4 is 11.9 Å². The van der Waals surface area contributed by atoms with Gasteiger partial charge in [0.2, 0.25) is 0 Å². The third-order valence-electron chi connectivity index (χ3n) is 3.74. The summed E-state index contributed by atoms with van der Waals surface area (Å²) in [7, 11) is 0. The molecule has 0 unspecified atom stereocenters. The summed E-state index contributed by atoms with van der Waals surface area (Å²) in [5.74, 6) is 0.388. The van der Waals surface area contributed by atoms with Crippen molar-refractivity contribution in [2.45, 2.75) is 64.5 Å². The molecule has 0 bridgehead atoms. The van der Waals surface area contributed by atoms with E-state index >= 15 is 0 Å². The number of fused-ring (bicyclic) bond motifs is 1. The van der Waals surface area contributed by atoms with Crippen LogP contribution in [0, 0.1) is 5.92 Å². The van der Waals surface area contributed by atoms with E-state index in [2.05, 4.69) is 0 Å². The van der Waals surface area contributed by atoms with Gasteiger partial charge < -0.3 is 9.64 Å². The number of nitrogens with zero attached hydrogens (tertiary/aromatic N) is 1. The van der Waals surface area contributed by atoms with Crippen LogP contribution in [-0.2, 0) is 9.53 Å². The smallest absolute Gasteiger partial charge is 0.410 e. The molecule has 2 aliphatic rings. The Morgan fingerprint density at radius 2 is 2.00 bits per heavy atom. The quantitative estimate of drug-likeness (QED) is 0.667. The van der Waals surface area contributed by atoms with Crippen LogP contribution < -0.4 is 0 Å². The van der Waals surface area contributed by atoms with Crippen LogP contribution in [0.2, 0.25) is 0 Å². The average molecular weight is 253 g/mol. The topological polar surface area (TPSA) is 46.6 Å². The standard InChI is InChI=1S/C14H23NO3/c1-14(2,3)18-13(17)15-9-5-6-10-11(15)7-4-8-12(10)16/h10-11H,4-9H2,1-3H3/t10-,11+/m1/s1. The zero-order chi connectivity index (χ0) is 13.3. The molecule has 2 fully saturated rings. The molecular weight excluding hydrogens is 230 g/mol. The monoisotopic (exact) mass is 253 g/mol. The molecule has 18 heavy (non-hydrogen) atoms. The lowest BCUT2D eigenvalue weighted by Gasteiger charge is -2.43. The predicted molar refractivity (Wildman–Crippen MR) is 68.3 cm³/mol. The molecule has 2 rings (SSSR count). The third-order valence-corrected chi connectivity index (χ3v) is 3.74. The first-order valence-electron chi connectivity index (χ1n) is 6.91. The van der Waals surface area contributed by atoms with E-state index in [9.17, 15) is 9.59 Å². The molecule has 0 spiro atoms. The van der Waals surface area contributed by atoms with Gasteiger partial charge in [0, 0.05) is 24.9 Å². The zero-order valence-electron chi connectivity index (χ0n) is 11.6. The molecule has 0 radical (unpaired) electrons.